The molecule has 0 spiro atoms. The maximum atomic E-state index is 5.84. The zero-order chi connectivity index (χ0) is 13.5. The number of benzene rings is 1. The van der Waals surface area contributed by atoms with E-state index in [1.807, 2.05) is 30.3 Å². The molecule has 106 valence electrons. The Labute approximate surface area is 136 Å². The summed E-state index contributed by atoms with van der Waals surface area (Å²) in [5.41, 5.74) is 8.98. The van der Waals surface area contributed by atoms with Crippen molar-refractivity contribution in [2.24, 2.45) is 10.7 Å². The van der Waals surface area contributed by atoms with Crippen molar-refractivity contribution in [3.05, 3.63) is 59.9 Å². The Morgan fingerprint density at radius 3 is 2.55 bits per heavy atom. The lowest BCUT2D eigenvalue weighted by atomic mass is 10.1. The Bertz CT molecular complexity index is 538. The number of aryl methyl sites for hydroxylation is 1. The van der Waals surface area contributed by atoms with E-state index >= 15 is 0 Å². The Balaban J connectivity index is 0.00000200. The number of aromatic nitrogens is 1. The van der Waals surface area contributed by atoms with E-state index in [-0.39, 0.29) is 24.0 Å². The maximum Gasteiger partial charge on any atom is 0.193 e. The molecule has 0 aliphatic heterocycles. The Morgan fingerprint density at radius 1 is 1.20 bits per heavy atom. The van der Waals surface area contributed by atoms with Crippen molar-refractivity contribution in [2.45, 2.75) is 19.9 Å². The van der Waals surface area contributed by atoms with Gasteiger partial charge < -0.3 is 11.1 Å². The lowest BCUT2D eigenvalue weighted by Crippen LogP contribution is -2.22. The molecule has 1 aromatic heterocycles. The summed E-state index contributed by atoms with van der Waals surface area (Å²) in [4.78, 5) is 8.44. The Morgan fingerprint density at radius 2 is 1.95 bits per heavy atom. The summed E-state index contributed by atoms with van der Waals surface area (Å²) in [6, 6.07) is 13.9. The van der Waals surface area contributed by atoms with Crippen LogP contribution in [0.15, 0.2) is 53.7 Å². The van der Waals surface area contributed by atoms with E-state index in [4.69, 9.17) is 5.73 Å². The fourth-order valence-electron chi connectivity index (χ4n) is 1.67. The SMILES string of the molecule is CCc1ccc(NC(N)=NCc2ccccn2)cc1.I. The number of nitrogens with two attached hydrogens (primary N) is 1. The van der Waals surface area contributed by atoms with Gasteiger partial charge in [0.2, 0.25) is 0 Å². The molecule has 0 amide bonds. The minimum absolute atomic E-state index is 0. The van der Waals surface area contributed by atoms with Gasteiger partial charge in [-0.2, -0.15) is 0 Å². The molecule has 2 aromatic rings. The van der Waals surface area contributed by atoms with Gasteiger partial charge in [-0.1, -0.05) is 25.1 Å². The highest BCUT2D eigenvalue weighted by atomic mass is 127. The van der Waals surface area contributed by atoms with Crippen molar-refractivity contribution in [2.75, 3.05) is 5.32 Å². The predicted octanol–water partition coefficient (Wildman–Crippen LogP) is 3.19. The molecule has 1 aromatic carbocycles. The number of nitrogens with one attached hydrogen (secondary N) is 1. The Kier molecular flexibility index (Phi) is 7.00. The van der Waals surface area contributed by atoms with Crippen molar-refractivity contribution in [3.63, 3.8) is 0 Å². The average Bonchev–Trinajstić information content (AvgIpc) is 2.47. The molecule has 0 saturated heterocycles. The van der Waals surface area contributed by atoms with Crippen molar-refractivity contribution in [3.8, 4) is 0 Å². The number of pyridine rings is 1. The second-order valence-corrected chi connectivity index (χ2v) is 4.20. The molecule has 0 fully saturated rings. The van der Waals surface area contributed by atoms with E-state index in [2.05, 4.69) is 34.3 Å². The van der Waals surface area contributed by atoms with E-state index < -0.39 is 0 Å². The van der Waals surface area contributed by atoms with Crippen LogP contribution in [0, 0.1) is 0 Å². The molecule has 4 nitrogen and oxygen atoms in total. The molecule has 0 saturated carbocycles. The highest BCUT2D eigenvalue weighted by Gasteiger charge is 1.96. The summed E-state index contributed by atoms with van der Waals surface area (Å²) in [6.45, 7) is 2.61. The number of anilines is 1. The smallest absolute Gasteiger partial charge is 0.193 e. The zero-order valence-corrected chi connectivity index (χ0v) is 13.7. The molecule has 0 bridgehead atoms. The van der Waals surface area contributed by atoms with E-state index in [0.717, 1.165) is 17.8 Å². The molecular formula is C15H19IN4. The summed E-state index contributed by atoms with van der Waals surface area (Å²) >= 11 is 0. The number of rotatable bonds is 4. The first-order chi connectivity index (χ1) is 9.28. The van der Waals surface area contributed by atoms with Crippen LogP contribution in [0.3, 0.4) is 0 Å². The van der Waals surface area contributed by atoms with Crippen LogP contribution in [-0.4, -0.2) is 10.9 Å². The number of aliphatic imine (C=N–C) groups is 1. The second-order valence-electron chi connectivity index (χ2n) is 4.20. The summed E-state index contributed by atoms with van der Waals surface area (Å²) in [6.07, 6.45) is 2.78. The zero-order valence-electron chi connectivity index (χ0n) is 11.4. The van der Waals surface area contributed by atoms with Crippen LogP contribution in [0.5, 0.6) is 0 Å². The normalized spacial score (nSPS) is 10.8. The predicted molar refractivity (Wildman–Crippen MR) is 94.4 cm³/mol. The van der Waals surface area contributed by atoms with Crippen molar-refractivity contribution < 1.29 is 0 Å². The maximum absolute atomic E-state index is 5.84. The molecule has 20 heavy (non-hydrogen) atoms. The summed E-state index contributed by atoms with van der Waals surface area (Å²) in [7, 11) is 0. The summed E-state index contributed by atoms with van der Waals surface area (Å²) < 4.78 is 0. The topological polar surface area (TPSA) is 63.3 Å². The minimum atomic E-state index is 0. The lowest BCUT2D eigenvalue weighted by Gasteiger charge is -2.06. The highest BCUT2D eigenvalue weighted by molar-refractivity contribution is 14.0. The number of hydrogen-bond donors (Lipinski definition) is 2. The molecule has 5 heteroatoms. The van der Waals surface area contributed by atoms with Gasteiger partial charge in [-0.15, -0.1) is 24.0 Å². The van der Waals surface area contributed by atoms with Crippen molar-refractivity contribution >= 4 is 35.6 Å². The molecule has 2 rings (SSSR count). The van der Waals surface area contributed by atoms with Crippen molar-refractivity contribution in [1.82, 2.24) is 4.98 Å². The summed E-state index contributed by atoms with van der Waals surface area (Å²) in [5.74, 6) is 0.398. The van der Waals surface area contributed by atoms with Crippen LogP contribution >= 0.6 is 24.0 Å². The van der Waals surface area contributed by atoms with E-state index in [1.165, 1.54) is 5.56 Å². The van der Waals surface area contributed by atoms with Crippen LogP contribution in [0.2, 0.25) is 0 Å². The van der Waals surface area contributed by atoms with E-state index in [0.29, 0.717) is 12.5 Å². The molecule has 0 radical (unpaired) electrons. The van der Waals surface area contributed by atoms with Crippen LogP contribution in [-0.2, 0) is 13.0 Å². The van der Waals surface area contributed by atoms with E-state index in [9.17, 15) is 0 Å². The number of halogens is 1. The second kappa shape index (κ2) is 8.52. The monoisotopic (exact) mass is 382 g/mol. The summed E-state index contributed by atoms with van der Waals surface area (Å²) in [5, 5.41) is 3.06. The van der Waals surface area contributed by atoms with Gasteiger partial charge >= 0.3 is 0 Å². The molecule has 3 N–H and O–H groups in total. The van der Waals surface area contributed by atoms with Gasteiger partial charge in [0.15, 0.2) is 5.96 Å². The molecule has 0 atom stereocenters. The average molecular weight is 382 g/mol. The fourth-order valence-corrected chi connectivity index (χ4v) is 1.67. The van der Waals surface area contributed by atoms with Crippen LogP contribution in [0.1, 0.15) is 18.2 Å². The molecular weight excluding hydrogens is 363 g/mol. The third-order valence-electron chi connectivity index (χ3n) is 2.77. The number of nitrogens with zero attached hydrogens (tertiary/aromatic N) is 2. The quantitative estimate of drug-likeness (QED) is 0.485. The van der Waals surface area contributed by atoms with Gasteiger partial charge in [0, 0.05) is 11.9 Å². The van der Waals surface area contributed by atoms with Gasteiger partial charge in [0.1, 0.15) is 0 Å². The minimum Gasteiger partial charge on any atom is -0.370 e. The van der Waals surface area contributed by atoms with Crippen LogP contribution < -0.4 is 11.1 Å². The van der Waals surface area contributed by atoms with Crippen LogP contribution in [0.25, 0.3) is 0 Å². The first kappa shape index (κ1) is 16.4. The van der Waals surface area contributed by atoms with Gasteiger partial charge in [-0.25, -0.2) is 4.99 Å². The standard InChI is InChI=1S/C15H18N4.HI/c1-2-12-6-8-13(9-7-12)19-15(16)18-11-14-5-3-4-10-17-14;/h3-10H,2,11H2,1H3,(H3,16,18,19);1H. The van der Waals surface area contributed by atoms with Crippen molar-refractivity contribution in [1.29, 1.82) is 0 Å². The Hall–Kier alpha value is -1.63. The van der Waals surface area contributed by atoms with Gasteiger partial charge in [0.05, 0.1) is 12.2 Å². The number of hydrogen-bond acceptors (Lipinski definition) is 2. The fraction of sp³-hybridized carbons (Fsp3) is 0.200. The highest BCUT2D eigenvalue weighted by Crippen LogP contribution is 2.09. The van der Waals surface area contributed by atoms with Gasteiger partial charge in [-0.3, -0.25) is 4.98 Å². The molecule has 1 heterocycles. The van der Waals surface area contributed by atoms with Gasteiger partial charge in [-0.05, 0) is 36.2 Å². The lowest BCUT2D eigenvalue weighted by molar-refractivity contribution is 0.985. The van der Waals surface area contributed by atoms with Crippen LogP contribution in [0.4, 0.5) is 5.69 Å². The third-order valence-corrected chi connectivity index (χ3v) is 2.77. The third kappa shape index (κ3) is 5.16. The largest absolute Gasteiger partial charge is 0.370 e. The van der Waals surface area contributed by atoms with E-state index in [1.54, 1.807) is 6.20 Å². The number of guanidine groups is 1. The molecule has 0 unspecified atom stereocenters. The first-order valence-electron chi connectivity index (χ1n) is 6.33. The first-order valence-corrected chi connectivity index (χ1v) is 6.33. The van der Waals surface area contributed by atoms with Gasteiger partial charge in [0.25, 0.3) is 0 Å². The molecule has 0 aliphatic rings. The molecule has 0 aliphatic carbocycles.